The zero-order valence-electron chi connectivity index (χ0n) is 11.8. The van der Waals surface area contributed by atoms with E-state index >= 15 is 0 Å². The van der Waals surface area contributed by atoms with Gasteiger partial charge >= 0.3 is 5.97 Å². The molecule has 110 valence electrons. The molecule has 0 bridgehead atoms. The van der Waals surface area contributed by atoms with Crippen LogP contribution in [0.1, 0.15) is 11.1 Å². The van der Waals surface area contributed by atoms with E-state index in [0.717, 1.165) is 17.2 Å². The highest BCUT2D eigenvalue weighted by molar-refractivity contribution is 5.85. The van der Waals surface area contributed by atoms with Gasteiger partial charge in [-0.1, -0.05) is 24.3 Å². The maximum absolute atomic E-state index is 10.5. The van der Waals surface area contributed by atoms with Gasteiger partial charge in [0.1, 0.15) is 0 Å². The topological polar surface area (TPSA) is 70.0 Å². The van der Waals surface area contributed by atoms with Crippen molar-refractivity contribution in [2.45, 2.75) is 12.6 Å². The number of benzene rings is 1. The van der Waals surface area contributed by atoms with Gasteiger partial charge < -0.3 is 14.9 Å². The normalized spacial score (nSPS) is 13.0. The van der Waals surface area contributed by atoms with Gasteiger partial charge in [0.2, 0.25) is 0 Å². The second-order valence-corrected chi connectivity index (χ2v) is 4.72. The third-order valence-electron chi connectivity index (χ3n) is 2.70. The summed E-state index contributed by atoms with van der Waals surface area (Å²) in [6, 6.07) is 7.63. The lowest BCUT2D eigenvalue weighted by atomic mass is 10.1. The minimum atomic E-state index is -0.963. The first-order valence-corrected chi connectivity index (χ1v) is 6.36. The van der Waals surface area contributed by atoms with Crippen molar-refractivity contribution in [3.8, 4) is 0 Å². The standard InChI is InChI=1S/C15H21NO4/c1-16(10-14(17)11-20-2)9-13-5-3-4-12(8-13)6-7-15(18)19/h3-8,14,17H,9-11H2,1-2H3,(H,18,19). The van der Waals surface area contributed by atoms with Crippen LogP contribution in [-0.4, -0.2) is 54.5 Å². The van der Waals surface area contributed by atoms with Crippen molar-refractivity contribution in [2.75, 3.05) is 27.3 Å². The first-order chi connectivity index (χ1) is 9.51. The maximum Gasteiger partial charge on any atom is 0.328 e. The van der Waals surface area contributed by atoms with Gasteiger partial charge in [-0.3, -0.25) is 4.90 Å². The zero-order chi connectivity index (χ0) is 15.0. The lowest BCUT2D eigenvalue weighted by molar-refractivity contribution is -0.131. The number of carbonyl (C=O) groups is 1. The predicted octanol–water partition coefficient (Wildman–Crippen LogP) is 1.22. The van der Waals surface area contributed by atoms with Gasteiger partial charge in [0, 0.05) is 26.3 Å². The van der Waals surface area contributed by atoms with Crippen LogP contribution in [0.2, 0.25) is 0 Å². The molecule has 0 amide bonds. The molecule has 1 aromatic carbocycles. The summed E-state index contributed by atoms with van der Waals surface area (Å²) in [7, 11) is 3.47. The highest BCUT2D eigenvalue weighted by Crippen LogP contribution is 2.09. The lowest BCUT2D eigenvalue weighted by Gasteiger charge is -2.20. The van der Waals surface area contributed by atoms with E-state index in [0.29, 0.717) is 19.7 Å². The van der Waals surface area contributed by atoms with E-state index in [-0.39, 0.29) is 0 Å². The summed E-state index contributed by atoms with van der Waals surface area (Å²) in [5.74, 6) is -0.963. The van der Waals surface area contributed by atoms with Gasteiger partial charge in [-0.2, -0.15) is 0 Å². The van der Waals surface area contributed by atoms with Gasteiger partial charge in [0.15, 0.2) is 0 Å². The molecule has 5 heteroatoms. The highest BCUT2D eigenvalue weighted by Gasteiger charge is 2.08. The van der Waals surface area contributed by atoms with Crippen molar-refractivity contribution in [3.63, 3.8) is 0 Å². The summed E-state index contributed by atoms with van der Waals surface area (Å²) in [5.41, 5.74) is 1.90. The molecule has 0 aromatic heterocycles. The smallest absolute Gasteiger partial charge is 0.328 e. The molecule has 0 fully saturated rings. The van der Waals surface area contributed by atoms with Crippen molar-refractivity contribution in [1.29, 1.82) is 0 Å². The molecular formula is C15H21NO4. The number of aliphatic hydroxyl groups excluding tert-OH is 1. The van der Waals surface area contributed by atoms with Crippen molar-refractivity contribution < 1.29 is 19.7 Å². The Labute approximate surface area is 119 Å². The van der Waals surface area contributed by atoms with Crippen molar-refractivity contribution >= 4 is 12.0 Å². The first kappa shape index (κ1) is 16.4. The van der Waals surface area contributed by atoms with E-state index in [1.807, 2.05) is 36.2 Å². The molecule has 0 aliphatic heterocycles. The number of aliphatic hydroxyl groups is 1. The SMILES string of the molecule is COCC(O)CN(C)Cc1cccc(C=CC(=O)O)c1. The average molecular weight is 279 g/mol. The van der Waals surface area contributed by atoms with Crippen LogP contribution >= 0.6 is 0 Å². The second-order valence-electron chi connectivity index (χ2n) is 4.72. The van der Waals surface area contributed by atoms with Gasteiger partial charge in [-0.05, 0) is 24.3 Å². The van der Waals surface area contributed by atoms with Crippen molar-refractivity contribution in [3.05, 3.63) is 41.5 Å². The van der Waals surface area contributed by atoms with Gasteiger partial charge in [0.25, 0.3) is 0 Å². The molecule has 1 aromatic rings. The molecule has 0 saturated heterocycles. The maximum atomic E-state index is 10.5. The fourth-order valence-electron chi connectivity index (χ4n) is 1.94. The quantitative estimate of drug-likeness (QED) is 0.700. The number of rotatable bonds is 8. The Kier molecular flexibility index (Phi) is 6.93. The third-order valence-corrected chi connectivity index (χ3v) is 2.70. The Bertz CT molecular complexity index is 459. The Hall–Kier alpha value is -1.69. The molecule has 2 N–H and O–H groups in total. The second kappa shape index (κ2) is 8.47. The van der Waals surface area contributed by atoms with Crippen LogP contribution in [-0.2, 0) is 16.1 Å². The molecule has 1 unspecified atom stereocenters. The molecule has 20 heavy (non-hydrogen) atoms. The van der Waals surface area contributed by atoms with E-state index in [9.17, 15) is 9.90 Å². The van der Waals surface area contributed by atoms with Crippen LogP contribution in [0.3, 0.4) is 0 Å². The number of hydrogen-bond acceptors (Lipinski definition) is 4. The van der Waals surface area contributed by atoms with E-state index in [2.05, 4.69) is 0 Å². The van der Waals surface area contributed by atoms with E-state index in [1.54, 1.807) is 13.2 Å². The highest BCUT2D eigenvalue weighted by atomic mass is 16.5. The monoisotopic (exact) mass is 279 g/mol. The average Bonchev–Trinajstić information content (AvgIpc) is 2.36. The summed E-state index contributed by atoms with van der Waals surface area (Å²) in [6.45, 7) is 1.50. The Balaban J connectivity index is 2.59. The number of methoxy groups -OCH3 is 1. The summed E-state index contributed by atoms with van der Waals surface area (Å²) < 4.78 is 4.89. The predicted molar refractivity (Wildman–Crippen MR) is 77.3 cm³/mol. The number of nitrogens with zero attached hydrogens (tertiary/aromatic N) is 1. The molecule has 5 nitrogen and oxygen atoms in total. The van der Waals surface area contributed by atoms with Crippen LogP contribution in [0.5, 0.6) is 0 Å². The molecule has 1 atom stereocenters. The number of ether oxygens (including phenoxy) is 1. The number of hydrogen-bond donors (Lipinski definition) is 2. The van der Waals surface area contributed by atoms with Crippen LogP contribution in [0.15, 0.2) is 30.3 Å². The van der Waals surface area contributed by atoms with Crippen molar-refractivity contribution in [2.24, 2.45) is 0 Å². The van der Waals surface area contributed by atoms with E-state index in [4.69, 9.17) is 9.84 Å². The molecule has 1 rings (SSSR count). The molecular weight excluding hydrogens is 258 g/mol. The van der Waals surface area contributed by atoms with E-state index in [1.165, 1.54) is 0 Å². The summed E-state index contributed by atoms with van der Waals surface area (Å²) in [5, 5.41) is 18.3. The fraction of sp³-hybridized carbons (Fsp3) is 0.400. The third kappa shape index (κ3) is 6.47. The van der Waals surface area contributed by atoms with Crippen LogP contribution in [0.25, 0.3) is 6.08 Å². The molecule has 0 aliphatic rings. The Morgan fingerprint density at radius 2 is 2.25 bits per heavy atom. The molecule has 0 saturated carbocycles. The molecule has 0 radical (unpaired) electrons. The molecule has 0 spiro atoms. The number of likely N-dealkylation sites (N-methyl/N-ethyl adjacent to an activating group) is 1. The van der Waals surface area contributed by atoms with Crippen molar-refractivity contribution in [1.82, 2.24) is 4.90 Å². The minimum absolute atomic E-state index is 0.311. The lowest BCUT2D eigenvalue weighted by Crippen LogP contribution is -2.31. The Morgan fingerprint density at radius 3 is 2.90 bits per heavy atom. The fourth-order valence-corrected chi connectivity index (χ4v) is 1.94. The first-order valence-electron chi connectivity index (χ1n) is 6.36. The van der Waals surface area contributed by atoms with Crippen LogP contribution in [0.4, 0.5) is 0 Å². The molecule has 0 heterocycles. The summed E-state index contributed by atoms with van der Waals surface area (Å²) in [6.07, 6.45) is 2.16. The summed E-state index contributed by atoms with van der Waals surface area (Å²) >= 11 is 0. The summed E-state index contributed by atoms with van der Waals surface area (Å²) in [4.78, 5) is 12.5. The van der Waals surface area contributed by atoms with Gasteiger partial charge in [0.05, 0.1) is 12.7 Å². The largest absolute Gasteiger partial charge is 0.478 e. The van der Waals surface area contributed by atoms with Gasteiger partial charge in [-0.25, -0.2) is 4.79 Å². The molecule has 0 aliphatic carbocycles. The van der Waals surface area contributed by atoms with Crippen LogP contribution in [0, 0.1) is 0 Å². The number of carboxylic acid groups (broad SMARTS) is 1. The number of carboxylic acids is 1. The zero-order valence-corrected chi connectivity index (χ0v) is 11.8. The van der Waals surface area contributed by atoms with E-state index < -0.39 is 12.1 Å². The minimum Gasteiger partial charge on any atom is -0.478 e. The van der Waals surface area contributed by atoms with Crippen LogP contribution < -0.4 is 0 Å². The van der Waals surface area contributed by atoms with Gasteiger partial charge in [-0.15, -0.1) is 0 Å². The Morgan fingerprint density at radius 1 is 1.50 bits per heavy atom. The number of aliphatic carboxylic acids is 1.